The van der Waals surface area contributed by atoms with Crippen LogP contribution in [0, 0.1) is 0 Å². The van der Waals surface area contributed by atoms with E-state index in [4.69, 9.17) is 4.42 Å². The molecule has 20 heavy (non-hydrogen) atoms. The summed E-state index contributed by atoms with van der Waals surface area (Å²) in [6.07, 6.45) is 2.35. The van der Waals surface area contributed by atoms with Crippen molar-refractivity contribution in [2.75, 3.05) is 0 Å². The zero-order chi connectivity index (χ0) is 13.9. The molecule has 4 heteroatoms. The Hall–Kier alpha value is -2.07. The van der Waals surface area contributed by atoms with Gasteiger partial charge in [-0.15, -0.1) is 0 Å². The molecule has 0 bridgehead atoms. The molecular formula is C16H18N2O2. The number of amides is 1. The number of hydrogen-bond donors (Lipinski definition) is 2. The average Bonchev–Trinajstić information content (AvgIpc) is 3.01. The lowest BCUT2D eigenvalue weighted by Gasteiger charge is -2.26. The molecule has 2 atom stereocenters. The van der Waals surface area contributed by atoms with Crippen molar-refractivity contribution in [2.24, 2.45) is 0 Å². The van der Waals surface area contributed by atoms with Crippen molar-refractivity contribution in [1.82, 2.24) is 10.6 Å². The first-order valence-corrected chi connectivity index (χ1v) is 6.88. The van der Waals surface area contributed by atoms with E-state index in [-0.39, 0.29) is 18.0 Å². The number of benzene rings is 1. The van der Waals surface area contributed by atoms with Crippen molar-refractivity contribution in [2.45, 2.75) is 32.0 Å². The summed E-state index contributed by atoms with van der Waals surface area (Å²) in [4.78, 5) is 12.3. The van der Waals surface area contributed by atoms with Gasteiger partial charge in [-0.05, 0) is 36.6 Å². The van der Waals surface area contributed by atoms with E-state index in [0.717, 1.165) is 18.7 Å². The first-order chi connectivity index (χ1) is 9.74. The van der Waals surface area contributed by atoms with Crippen LogP contribution in [0.1, 0.15) is 29.9 Å². The summed E-state index contributed by atoms with van der Waals surface area (Å²) in [5.74, 6) is 0.790. The van der Waals surface area contributed by atoms with Crippen molar-refractivity contribution < 1.29 is 9.21 Å². The van der Waals surface area contributed by atoms with Gasteiger partial charge in [0.15, 0.2) is 0 Å². The van der Waals surface area contributed by atoms with Gasteiger partial charge in [-0.1, -0.05) is 24.3 Å². The van der Waals surface area contributed by atoms with Gasteiger partial charge in [-0.2, -0.15) is 0 Å². The van der Waals surface area contributed by atoms with Gasteiger partial charge in [0.2, 0.25) is 5.91 Å². The Kier molecular flexibility index (Phi) is 3.56. The van der Waals surface area contributed by atoms with E-state index >= 15 is 0 Å². The van der Waals surface area contributed by atoms with E-state index < -0.39 is 0 Å². The Morgan fingerprint density at radius 3 is 2.85 bits per heavy atom. The topological polar surface area (TPSA) is 54.3 Å². The van der Waals surface area contributed by atoms with E-state index in [2.05, 4.69) is 22.8 Å². The Morgan fingerprint density at radius 2 is 2.10 bits per heavy atom. The summed E-state index contributed by atoms with van der Waals surface area (Å²) in [7, 11) is 0. The van der Waals surface area contributed by atoms with Crippen molar-refractivity contribution in [3.05, 3.63) is 59.5 Å². The molecule has 0 spiro atoms. The van der Waals surface area contributed by atoms with Gasteiger partial charge in [0.1, 0.15) is 5.76 Å². The Bertz CT molecular complexity index is 592. The number of furan rings is 1. The molecule has 0 aliphatic carbocycles. The molecule has 1 aromatic heterocycles. The van der Waals surface area contributed by atoms with Gasteiger partial charge < -0.3 is 15.1 Å². The van der Waals surface area contributed by atoms with Crippen LogP contribution in [0.15, 0.2) is 47.1 Å². The lowest BCUT2D eigenvalue weighted by molar-refractivity contribution is -0.124. The minimum Gasteiger partial charge on any atom is -0.467 e. The molecule has 104 valence electrons. The van der Waals surface area contributed by atoms with Gasteiger partial charge in [0.25, 0.3) is 0 Å². The number of carbonyl (C=O) groups is 1. The van der Waals surface area contributed by atoms with Crippen molar-refractivity contribution in [1.29, 1.82) is 0 Å². The minimum absolute atomic E-state index is 0.0170. The summed E-state index contributed by atoms with van der Waals surface area (Å²) in [6, 6.07) is 11.6. The highest BCUT2D eigenvalue weighted by Gasteiger charge is 2.25. The van der Waals surface area contributed by atoms with Gasteiger partial charge in [-0.25, -0.2) is 0 Å². The predicted octanol–water partition coefficient (Wildman–Crippen LogP) is 2.17. The Morgan fingerprint density at radius 1 is 1.30 bits per heavy atom. The molecule has 0 radical (unpaired) electrons. The van der Waals surface area contributed by atoms with Gasteiger partial charge in [0, 0.05) is 6.54 Å². The van der Waals surface area contributed by atoms with Crippen molar-refractivity contribution in [3.63, 3.8) is 0 Å². The third-order valence-electron chi connectivity index (χ3n) is 3.73. The lowest BCUT2D eigenvalue weighted by Crippen LogP contribution is -2.48. The molecule has 2 heterocycles. The van der Waals surface area contributed by atoms with E-state index in [1.807, 2.05) is 31.2 Å². The predicted molar refractivity (Wildman–Crippen MR) is 76.0 cm³/mol. The van der Waals surface area contributed by atoms with Crippen LogP contribution < -0.4 is 10.6 Å². The summed E-state index contributed by atoms with van der Waals surface area (Å²) in [5.41, 5.74) is 2.52. The standard InChI is InChI=1S/C16H18N2O2/c1-11(15-7-4-8-20-15)18-16(19)14-9-12-5-2-3-6-13(12)10-17-14/h2-8,11,14,17H,9-10H2,1H3,(H,18,19). The van der Waals surface area contributed by atoms with Crippen LogP contribution in [0.25, 0.3) is 0 Å². The lowest BCUT2D eigenvalue weighted by atomic mass is 9.95. The fourth-order valence-electron chi connectivity index (χ4n) is 2.56. The second-order valence-electron chi connectivity index (χ2n) is 5.15. The van der Waals surface area contributed by atoms with E-state index in [0.29, 0.717) is 0 Å². The molecule has 2 N–H and O–H groups in total. The smallest absolute Gasteiger partial charge is 0.238 e. The fourth-order valence-corrected chi connectivity index (χ4v) is 2.56. The molecule has 1 amide bonds. The van der Waals surface area contributed by atoms with Crippen LogP contribution in [0.5, 0.6) is 0 Å². The largest absolute Gasteiger partial charge is 0.467 e. The Balaban J connectivity index is 1.64. The number of hydrogen-bond acceptors (Lipinski definition) is 3. The molecule has 0 saturated carbocycles. The maximum atomic E-state index is 12.3. The van der Waals surface area contributed by atoms with E-state index in [1.54, 1.807) is 6.26 Å². The van der Waals surface area contributed by atoms with Crippen LogP contribution in [0.2, 0.25) is 0 Å². The Labute approximate surface area is 118 Å². The van der Waals surface area contributed by atoms with Gasteiger partial charge in [0.05, 0.1) is 18.3 Å². The quantitative estimate of drug-likeness (QED) is 0.898. The highest BCUT2D eigenvalue weighted by molar-refractivity contribution is 5.82. The first kappa shape index (κ1) is 12.9. The third-order valence-corrected chi connectivity index (χ3v) is 3.73. The SMILES string of the molecule is CC(NC(=O)C1Cc2ccccc2CN1)c1ccco1. The molecule has 1 aliphatic rings. The van der Waals surface area contributed by atoms with E-state index in [1.165, 1.54) is 11.1 Å². The zero-order valence-corrected chi connectivity index (χ0v) is 11.4. The second kappa shape index (κ2) is 5.51. The molecule has 3 rings (SSSR count). The van der Waals surface area contributed by atoms with Gasteiger partial charge >= 0.3 is 0 Å². The molecule has 2 unspecified atom stereocenters. The molecule has 1 aromatic carbocycles. The van der Waals surface area contributed by atoms with Crippen LogP contribution in [-0.2, 0) is 17.8 Å². The monoisotopic (exact) mass is 270 g/mol. The molecular weight excluding hydrogens is 252 g/mol. The average molecular weight is 270 g/mol. The first-order valence-electron chi connectivity index (χ1n) is 6.88. The van der Waals surface area contributed by atoms with Crippen LogP contribution in [0.3, 0.4) is 0 Å². The van der Waals surface area contributed by atoms with Crippen molar-refractivity contribution in [3.8, 4) is 0 Å². The highest BCUT2D eigenvalue weighted by Crippen LogP contribution is 2.17. The molecule has 4 nitrogen and oxygen atoms in total. The fraction of sp³-hybridized carbons (Fsp3) is 0.312. The number of nitrogens with one attached hydrogen (secondary N) is 2. The third kappa shape index (κ3) is 2.60. The normalized spacial score (nSPS) is 19.1. The van der Waals surface area contributed by atoms with E-state index in [9.17, 15) is 4.79 Å². The maximum absolute atomic E-state index is 12.3. The van der Waals surface area contributed by atoms with Crippen LogP contribution in [-0.4, -0.2) is 11.9 Å². The number of fused-ring (bicyclic) bond motifs is 1. The van der Waals surface area contributed by atoms with Gasteiger partial charge in [-0.3, -0.25) is 4.79 Å². The zero-order valence-electron chi connectivity index (χ0n) is 11.4. The minimum atomic E-state index is -0.178. The maximum Gasteiger partial charge on any atom is 0.238 e. The summed E-state index contributed by atoms with van der Waals surface area (Å²) < 4.78 is 5.30. The molecule has 2 aromatic rings. The van der Waals surface area contributed by atoms with Crippen LogP contribution in [0.4, 0.5) is 0 Å². The summed E-state index contributed by atoms with van der Waals surface area (Å²) in [6.45, 7) is 2.66. The van der Waals surface area contributed by atoms with Crippen molar-refractivity contribution >= 4 is 5.91 Å². The second-order valence-corrected chi connectivity index (χ2v) is 5.15. The summed E-state index contributed by atoms with van der Waals surface area (Å²) in [5, 5.41) is 6.27. The highest BCUT2D eigenvalue weighted by atomic mass is 16.3. The number of rotatable bonds is 3. The molecule has 0 fully saturated rings. The summed E-state index contributed by atoms with van der Waals surface area (Å²) >= 11 is 0. The molecule has 0 saturated heterocycles. The molecule has 1 aliphatic heterocycles. The number of carbonyl (C=O) groups excluding carboxylic acids is 1. The van der Waals surface area contributed by atoms with Crippen LogP contribution >= 0.6 is 0 Å².